The third-order valence-corrected chi connectivity index (χ3v) is 5.86. The van der Waals surface area contributed by atoms with Crippen LogP contribution in [0.25, 0.3) is 11.0 Å². The molecule has 27 heavy (non-hydrogen) atoms. The summed E-state index contributed by atoms with van der Waals surface area (Å²) in [5.41, 5.74) is -0.203. The van der Waals surface area contributed by atoms with Crippen molar-refractivity contribution in [3.8, 4) is 0 Å². The molecule has 2 heterocycles. The maximum Gasteiger partial charge on any atom is 0.333 e. The molecule has 144 valence electrons. The molecule has 0 saturated carbocycles. The Kier molecular flexibility index (Phi) is 4.59. The van der Waals surface area contributed by atoms with E-state index in [0.29, 0.717) is 0 Å². The molecule has 0 bridgehead atoms. The molecule has 3 rings (SSSR count). The van der Waals surface area contributed by atoms with Crippen molar-refractivity contribution in [3.05, 3.63) is 56.9 Å². The summed E-state index contributed by atoms with van der Waals surface area (Å²) < 4.78 is 29.2. The van der Waals surface area contributed by atoms with E-state index in [-0.39, 0.29) is 28.0 Å². The second-order valence-electron chi connectivity index (χ2n) is 7.08. The lowest BCUT2D eigenvalue weighted by Gasteiger charge is -2.15. The highest BCUT2D eigenvalue weighted by Gasteiger charge is 2.24. The molecule has 0 N–H and O–H groups in total. The van der Waals surface area contributed by atoms with Crippen molar-refractivity contribution in [2.45, 2.75) is 51.6 Å². The molecule has 0 aliphatic rings. The number of fused-ring (bicyclic) bond motifs is 1. The Labute approximate surface area is 156 Å². The van der Waals surface area contributed by atoms with Crippen LogP contribution in [-0.4, -0.2) is 26.7 Å². The molecule has 0 aliphatic carbocycles. The summed E-state index contributed by atoms with van der Waals surface area (Å²) in [6, 6.07) is 5.77. The van der Waals surface area contributed by atoms with Crippen molar-refractivity contribution in [2.75, 3.05) is 0 Å². The van der Waals surface area contributed by atoms with Gasteiger partial charge in [-0.05, 0) is 52.3 Å². The summed E-state index contributed by atoms with van der Waals surface area (Å²) >= 11 is 0. The van der Waals surface area contributed by atoms with E-state index in [0.717, 1.165) is 14.2 Å². The van der Waals surface area contributed by atoms with Gasteiger partial charge in [0.1, 0.15) is 5.39 Å². The summed E-state index contributed by atoms with van der Waals surface area (Å²) in [5, 5.41) is 4.20. The minimum absolute atomic E-state index is 0.0631. The van der Waals surface area contributed by atoms with Crippen LogP contribution in [0, 0.1) is 6.92 Å². The fourth-order valence-corrected chi connectivity index (χ4v) is 4.25. The predicted molar refractivity (Wildman–Crippen MR) is 103 cm³/mol. The molecule has 0 saturated heterocycles. The molecule has 0 amide bonds. The number of rotatable bonds is 4. The van der Waals surface area contributed by atoms with E-state index in [9.17, 15) is 18.0 Å². The Balaban J connectivity index is 2.39. The van der Waals surface area contributed by atoms with Crippen LogP contribution in [0.4, 0.5) is 0 Å². The lowest BCUT2D eigenvalue weighted by atomic mass is 10.2. The molecule has 1 aromatic carbocycles. The normalized spacial score (nSPS) is 12.4. The minimum Gasteiger partial charge on any atom is -0.273 e. The van der Waals surface area contributed by atoms with Crippen molar-refractivity contribution in [1.29, 1.82) is 0 Å². The van der Waals surface area contributed by atoms with Crippen molar-refractivity contribution >= 4 is 21.1 Å². The van der Waals surface area contributed by atoms with Crippen LogP contribution in [0.1, 0.15) is 45.3 Å². The standard InChI is InChI=1S/C18H22N4O4S/c1-11(2)21-16-15(17(23)22(12(3)4)18(21)24)10-20(19-16)27(25,26)14-8-6-7-13(5)9-14/h6-12H,1-5H3. The van der Waals surface area contributed by atoms with Crippen LogP contribution in [0.5, 0.6) is 0 Å². The van der Waals surface area contributed by atoms with Crippen molar-refractivity contribution < 1.29 is 8.42 Å². The van der Waals surface area contributed by atoms with Crippen LogP contribution in [0.15, 0.2) is 44.9 Å². The molecular formula is C18H22N4O4S. The molecule has 8 nitrogen and oxygen atoms in total. The van der Waals surface area contributed by atoms with E-state index < -0.39 is 21.3 Å². The first-order chi connectivity index (χ1) is 12.6. The first-order valence-electron chi connectivity index (χ1n) is 8.64. The average molecular weight is 390 g/mol. The van der Waals surface area contributed by atoms with E-state index in [1.807, 2.05) is 0 Å². The monoisotopic (exact) mass is 390 g/mol. The Hall–Kier alpha value is -2.68. The SMILES string of the molecule is Cc1cccc(S(=O)(=O)n2cc3c(=O)n(C(C)C)c(=O)n(C(C)C)c3n2)c1. The van der Waals surface area contributed by atoms with Crippen molar-refractivity contribution in [3.63, 3.8) is 0 Å². The van der Waals surface area contributed by atoms with Crippen molar-refractivity contribution in [1.82, 2.24) is 18.3 Å². The number of aryl methyl sites for hydroxylation is 1. The highest BCUT2D eigenvalue weighted by molar-refractivity contribution is 7.89. The molecule has 3 aromatic rings. The molecule has 0 atom stereocenters. The third kappa shape index (κ3) is 3.01. The molecule has 9 heteroatoms. The van der Waals surface area contributed by atoms with Gasteiger partial charge in [-0.1, -0.05) is 12.1 Å². The van der Waals surface area contributed by atoms with Gasteiger partial charge >= 0.3 is 5.69 Å². The Bertz CT molecular complexity index is 1250. The first-order valence-corrected chi connectivity index (χ1v) is 10.1. The summed E-state index contributed by atoms with van der Waals surface area (Å²) in [6.45, 7) is 8.81. The highest BCUT2D eigenvalue weighted by Crippen LogP contribution is 2.18. The average Bonchev–Trinajstić information content (AvgIpc) is 3.00. The van der Waals surface area contributed by atoms with E-state index in [4.69, 9.17) is 0 Å². The zero-order valence-electron chi connectivity index (χ0n) is 15.9. The third-order valence-electron chi connectivity index (χ3n) is 4.33. The van der Waals surface area contributed by atoms with Gasteiger partial charge in [0.05, 0.1) is 11.1 Å². The largest absolute Gasteiger partial charge is 0.333 e. The van der Waals surface area contributed by atoms with E-state index in [1.54, 1.807) is 46.8 Å². The van der Waals surface area contributed by atoms with Crippen LogP contribution in [0.2, 0.25) is 0 Å². The number of aromatic nitrogens is 4. The number of nitrogens with zero attached hydrogens (tertiary/aromatic N) is 4. The predicted octanol–water partition coefficient (Wildman–Crippen LogP) is 2.07. The fourth-order valence-electron chi connectivity index (χ4n) is 3.02. The molecule has 0 radical (unpaired) electrons. The maximum atomic E-state index is 13.0. The molecular weight excluding hydrogens is 368 g/mol. The summed E-state index contributed by atoms with van der Waals surface area (Å²) in [4.78, 5) is 25.7. The number of hydrogen-bond acceptors (Lipinski definition) is 5. The Morgan fingerprint density at radius 2 is 1.63 bits per heavy atom. The van der Waals surface area contributed by atoms with Crippen molar-refractivity contribution in [2.24, 2.45) is 0 Å². The molecule has 2 aromatic heterocycles. The van der Waals surface area contributed by atoms with Gasteiger partial charge in [-0.2, -0.15) is 12.5 Å². The van der Waals surface area contributed by atoms with Gasteiger partial charge in [0.2, 0.25) is 0 Å². The van der Waals surface area contributed by atoms with Gasteiger partial charge in [-0.15, -0.1) is 5.10 Å². The van der Waals surface area contributed by atoms with E-state index in [2.05, 4.69) is 5.10 Å². The minimum atomic E-state index is -3.99. The zero-order valence-corrected chi connectivity index (χ0v) is 16.7. The first kappa shape index (κ1) is 19.1. The van der Waals surface area contributed by atoms with Crippen LogP contribution in [-0.2, 0) is 10.0 Å². The molecule has 0 spiro atoms. The summed E-state index contributed by atoms with van der Waals surface area (Å²) in [5.74, 6) is 0. The molecule has 0 aliphatic heterocycles. The topological polar surface area (TPSA) is 96.0 Å². The quantitative estimate of drug-likeness (QED) is 0.679. The van der Waals surface area contributed by atoms with Gasteiger partial charge < -0.3 is 0 Å². The van der Waals surface area contributed by atoms with Crippen LogP contribution < -0.4 is 11.2 Å². The van der Waals surface area contributed by atoms with Gasteiger partial charge in [-0.25, -0.2) is 4.79 Å². The fraction of sp³-hybridized carbons (Fsp3) is 0.389. The second kappa shape index (κ2) is 6.49. The smallest absolute Gasteiger partial charge is 0.273 e. The Morgan fingerprint density at radius 3 is 2.19 bits per heavy atom. The number of benzene rings is 1. The van der Waals surface area contributed by atoms with Crippen LogP contribution in [0.3, 0.4) is 0 Å². The Morgan fingerprint density at radius 1 is 1.00 bits per heavy atom. The van der Waals surface area contributed by atoms with Gasteiger partial charge in [-0.3, -0.25) is 13.9 Å². The van der Waals surface area contributed by atoms with E-state index >= 15 is 0 Å². The molecule has 0 unspecified atom stereocenters. The van der Waals surface area contributed by atoms with Gasteiger partial charge in [0.25, 0.3) is 15.6 Å². The number of hydrogen-bond donors (Lipinski definition) is 0. The summed E-state index contributed by atoms with van der Waals surface area (Å²) in [6.07, 6.45) is 1.19. The zero-order chi connectivity index (χ0) is 20.1. The second-order valence-corrected chi connectivity index (χ2v) is 8.87. The van der Waals surface area contributed by atoms with Crippen LogP contribution >= 0.6 is 0 Å². The molecule has 0 fully saturated rings. The highest BCUT2D eigenvalue weighted by atomic mass is 32.2. The van der Waals surface area contributed by atoms with E-state index in [1.165, 1.54) is 22.9 Å². The lowest BCUT2D eigenvalue weighted by Crippen LogP contribution is -2.41. The maximum absolute atomic E-state index is 13.0. The van der Waals surface area contributed by atoms with Gasteiger partial charge in [0.15, 0.2) is 5.65 Å². The lowest BCUT2D eigenvalue weighted by molar-refractivity contribution is 0.486. The summed E-state index contributed by atoms with van der Waals surface area (Å²) in [7, 11) is -3.99. The van der Waals surface area contributed by atoms with Gasteiger partial charge in [0, 0.05) is 12.1 Å².